The lowest BCUT2D eigenvalue weighted by atomic mass is 9.93. The van der Waals surface area contributed by atoms with Crippen LogP contribution in [-0.4, -0.2) is 434 Å². The molecule has 45 nitrogen and oxygen atoms in total. The van der Waals surface area contributed by atoms with Gasteiger partial charge in [-0.3, -0.25) is 19.2 Å². The Labute approximate surface area is 572 Å². The van der Waals surface area contributed by atoms with E-state index in [1.807, 2.05) is 0 Å². The van der Waals surface area contributed by atoms with Crippen LogP contribution in [0.5, 0.6) is 0 Å². The summed E-state index contributed by atoms with van der Waals surface area (Å²) < 4.78 is 87.8. The number of hydrogen-bond acceptors (Lipinski definition) is 41. The molecule has 26 N–H and O–H groups in total. The highest BCUT2D eigenvalue weighted by Crippen LogP contribution is 2.38. The SMILES string of the molecule is CC(=O)N[C@@H]1[C@@H](O[C@@H]2O[C@H](CO[C@@H]3O[C@H](CO)[C@@H](O[C@@H]4O[C@H](CO)[C@H](O)[C@H](O)[C@H]4O)[C@H](O)[C@H]3NC(C)=O)[C@H](O)[C@H](O[C@@H]3O[C@H](CO)[C@@H](O)[C@H](O[C@@H]4O[C@H](CO)[C@H](O)[C@H](O)[C@H]4O)[C@H]3NC(C)=O)[C@H]2O)[C@@H](O)[C@@H](CO[C@@H]2O[C@H](CO)[C@@H](O[C@@H]3O[C@H](CO)[C@H](O)[C@H](O)[C@H]3O)[C@H](O)[C@H]2NC(C)=O)O[C@@H]1O. The van der Waals surface area contributed by atoms with Gasteiger partial charge in [0.25, 0.3) is 0 Å². The van der Waals surface area contributed by atoms with E-state index in [4.69, 9.17) is 71.1 Å². The van der Waals surface area contributed by atoms with Crippen molar-refractivity contribution in [3.63, 3.8) is 0 Å². The Morgan fingerprint density at radius 3 is 0.901 bits per heavy atom. The van der Waals surface area contributed by atoms with Crippen LogP contribution in [0.4, 0.5) is 0 Å². The molecule has 40 atom stereocenters. The molecule has 0 aliphatic carbocycles. The van der Waals surface area contributed by atoms with Crippen molar-refractivity contribution in [2.45, 2.75) is 273 Å². The maximum atomic E-state index is 13.0. The number of aliphatic hydroxyl groups is 22. The van der Waals surface area contributed by atoms with Crippen molar-refractivity contribution < 1.29 is 203 Å². The highest BCUT2D eigenvalue weighted by atomic mass is 16.8. The number of ether oxygens (including phenoxy) is 15. The first-order valence-corrected chi connectivity index (χ1v) is 32.1. The molecule has 0 saturated carbocycles. The molecule has 0 aromatic rings. The standard InChI is InChI=1S/C56H94N4O41/c1-13(67)57-25-35(77)44(97-53-40(82)37(79)29(71)17(5-61)91-53)21(9-65)94-50(25)87-11-23-33(75)46(27(49(86)89-23)59-15(3)69)99-56-43(85)48(101-52-28(60-16(4)70)47(32(74)20(8-64)90-52)100-55-42(84)39(81)31(73)19(7-63)93-55)34(76)24(96-56)12-88-51-26(58-14(2)68)36(78)45(22(10-66)95-51)98-54-41(83)38(80)30(72)18(6-62)92-54/h17-56,61-66,71-86H,5-12H2,1-4H3,(H,57,67)(H,58,68)(H,59,69)(H,60,70)/t17-,18-,19-,20-,21-,22-,23-,24-,25-,26-,27-,28-,29+,30+,31+,32-,33+,34+,35-,36-,37+,38+,39+,40-,41-,42-,43-,44-,45-,46-,47-,48+,49+,50-,51-,52+,53+,54+,55+,56+/m1/s1. The van der Waals surface area contributed by atoms with Crippen molar-refractivity contribution in [1.29, 1.82) is 0 Å². The highest BCUT2D eigenvalue weighted by molar-refractivity contribution is 5.74. The molecule has 4 amide bonds. The van der Waals surface area contributed by atoms with Crippen molar-refractivity contribution in [2.75, 3.05) is 52.9 Å². The van der Waals surface area contributed by atoms with E-state index in [0.717, 1.165) is 27.7 Å². The number of amides is 4. The van der Waals surface area contributed by atoms with E-state index < -0.39 is 322 Å². The second kappa shape index (κ2) is 36.3. The third kappa shape index (κ3) is 18.7. The third-order valence-corrected chi connectivity index (χ3v) is 18.2. The predicted molar refractivity (Wildman–Crippen MR) is 311 cm³/mol. The van der Waals surface area contributed by atoms with Crippen LogP contribution in [0.3, 0.4) is 0 Å². The molecule has 8 saturated heterocycles. The molecule has 0 bridgehead atoms. The predicted octanol–water partition coefficient (Wildman–Crippen LogP) is -17.9. The smallest absolute Gasteiger partial charge is 0.217 e. The molecule has 0 aromatic carbocycles. The Morgan fingerprint density at radius 2 is 0.525 bits per heavy atom. The molecule has 8 heterocycles. The number of carbonyl (C=O) groups excluding carboxylic acids is 4. The van der Waals surface area contributed by atoms with Crippen molar-refractivity contribution in [1.82, 2.24) is 21.3 Å². The Morgan fingerprint density at radius 1 is 0.257 bits per heavy atom. The summed E-state index contributed by atoms with van der Waals surface area (Å²) in [6, 6.07) is -7.33. The summed E-state index contributed by atoms with van der Waals surface area (Å²) in [5.74, 6) is -3.59. The zero-order valence-corrected chi connectivity index (χ0v) is 54.3. The van der Waals surface area contributed by atoms with Crippen molar-refractivity contribution in [3.05, 3.63) is 0 Å². The van der Waals surface area contributed by atoms with Gasteiger partial charge in [0.1, 0.15) is 195 Å². The van der Waals surface area contributed by atoms with Gasteiger partial charge in [-0.2, -0.15) is 0 Å². The largest absolute Gasteiger partial charge is 0.394 e. The Kier molecular flexibility index (Phi) is 29.9. The van der Waals surface area contributed by atoms with Crippen LogP contribution in [0.15, 0.2) is 0 Å². The van der Waals surface area contributed by atoms with Crippen LogP contribution in [0, 0.1) is 0 Å². The lowest BCUT2D eigenvalue weighted by Crippen LogP contribution is -2.71. The fraction of sp³-hybridized carbons (Fsp3) is 0.929. The normalized spacial score (nSPS) is 48.3. The molecular formula is C56H94N4O41. The molecule has 0 aromatic heterocycles. The van der Waals surface area contributed by atoms with E-state index in [0.29, 0.717) is 0 Å². The maximum Gasteiger partial charge on any atom is 0.217 e. The van der Waals surface area contributed by atoms with Gasteiger partial charge in [-0.25, -0.2) is 0 Å². The maximum absolute atomic E-state index is 13.0. The van der Waals surface area contributed by atoms with Crippen LogP contribution in [0.2, 0.25) is 0 Å². The minimum absolute atomic E-state index is 0.842. The molecule has 0 radical (unpaired) electrons. The summed E-state index contributed by atoms with van der Waals surface area (Å²) in [5.41, 5.74) is 0. The van der Waals surface area contributed by atoms with Crippen LogP contribution in [0.25, 0.3) is 0 Å². The molecule has 45 heteroatoms. The fourth-order valence-electron chi connectivity index (χ4n) is 12.9. The topological polar surface area (TPSA) is 700 Å². The molecular weight excluding hydrogens is 1380 g/mol. The molecule has 0 spiro atoms. The highest BCUT2D eigenvalue weighted by Gasteiger charge is 2.59. The monoisotopic (exact) mass is 1480 g/mol. The zero-order chi connectivity index (χ0) is 74.5. The Bertz CT molecular complexity index is 2630. The van der Waals surface area contributed by atoms with Crippen molar-refractivity contribution >= 4 is 23.6 Å². The molecule has 101 heavy (non-hydrogen) atoms. The summed E-state index contributed by atoms with van der Waals surface area (Å²) in [6.45, 7) is -4.11. The van der Waals surface area contributed by atoms with Gasteiger partial charge in [0, 0.05) is 27.7 Å². The fourth-order valence-corrected chi connectivity index (χ4v) is 12.9. The zero-order valence-electron chi connectivity index (χ0n) is 54.3. The van der Waals surface area contributed by atoms with Crippen molar-refractivity contribution in [3.8, 4) is 0 Å². The van der Waals surface area contributed by atoms with Gasteiger partial charge >= 0.3 is 0 Å². The van der Waals surface area contributed by atoms with Gasteiger partial charge in [0.05, 0.1) is 52.9 Å². The number of aliphatic hydroxyl groups excluding tert-OH is 22. The molecule has 8 aliphatic heterocycles. The van der Waals surface area contributed by atoms with Crippen LogP contribution < -0.4 is 21.3 Å². The van der Waals surface area contributed by atoms with E-state index in [-0.39, 0.29) is 0 Å². The Hall–Kier alpha value is -3.60. The number of hydrogen-bond donors (Lipinski definition) is 26. The first-order valence-electron chi connectivity index (χ1n) is 32.1. The first-order chi connectivity index (χ1) is 47.7. The summed E-state index contributed by atoms with van der Waals surface area (Å²) in [5, 5.41) is 250. The molecule has 8 fully saturated rings. The summed E-state index contributed by atoms with van der Waals surface area (Å²) in [6.07, 6.45) is -71.4. The van der Waals surface area contributed by atoms with E-state index in [1.54, 1.807) is 0 Å². The van der Waals surface area contributed by atoms with E-state index in [1.165, 1.54) is 0 Å². The molecule has 8 rings (SSSR count). The number of nitrogens with one attached hydrogen (secondary N) is 4. The Balaban J connectivity index is 1.10. The van der Waals surface area contributed by atoms with Gasteiger partial charge < -0.3 is 205 Å². The van der Waals surface area contributed by atoms with Crippen LogP contribution in [-0.2, 0) is 90.2 Å². The van der Waals surface area contributed by atoms with Gasteiger partial charge in [-0.05, 0) is 0 Å². The van der Waals surface area contributed by atoms with Gasteiger partial charge in [-0.15, -0.1) is 0 Å². The second-order valence-corrected chi connectivity index (χ2v) is 25.4. The average Bonchev–Trinajstić information content (AvgIpc) is 0.776. The summed E-state index contributed by atoms with van der Waals surface area (Å²) >= 11 is 0. The quantitative estimate of drug-likeness (QED) is 0.0382. The van der Waals surface area contributed by atoms with Crippen LogP contribution in [0.1, 0.15) is 27.7 Å². The molecule has 0 unspecified atom stereocenters. The minimum Gasteiger partial charge on any atom is -0.394 e. The number of rotatable bonds is 26. The van der Waals surface area contributed by atoms with Crippen LogP contribution >= 0.6 is 0 Å². The average molecular weight is 1480 g/mol. The van der Waals surface area contributed by atoms with E-state index >= 15 is 0 Å². The van der Waals surface area contributed by atoms with Gasteiger partial charge in [0.15, 0.2) is 50.3 Å². The minimum atomic E-state index is -2.48. The summed E-state index contributed by atoms with van der Waals surface area (Å²) in [7, 11) is 0. The summed E-state index contributed by atoms with van der Waals surface area (Å²) in [4.78, 5) is 51.3. The third-order valence-electron chi connectivity index (χ3n) is 18.2. The van der Waals surface area contributed by atoms with E-state index in [9.17, 15) is 132 Å². The second-order valence-electron chi connectivity index (χ2n) is 25.4. The van der Waals surface area contributed by atoms with E-state index in [2.05, 4.69) is 21.3 Å². The van der Waals surface area contributed by atoms with Gasteiger partial charge in [-0.1, -0.05) is 0 Å². The number of carbonyl (C=O) groups is 4. The lowest BCUT2D eigenvalue weighted by Gasteiger charge is -2.50. The molecule has 584 valence electrons. The molecule has 8 aliphatic rings. The van der Waals surface area contributed by atoms with Gasteiger partial charge in [0.2, 0.25) is 23.6 Å². The lowest BCUT2D eigenvalue weighted by molar-refractivity contribution is -0.380. The van der Waals surface area contributed by atoms with Crippen molar-refractivity contribution in [2.24, 2.45) is 0 Å². The first kappa shape index (κ1) is 83.0.